The molecular formula is C15H19NO4. The zero-order chi connectivity index (χ0) is 14.5. The van der Waals surface area contributed by atoms with Crippen molar-refractivity contribution in [2.24, 2.45) is 11.8 Å². The molecular weight excluding hydrogens is 258 g/mol. The number of carbonyl (C=O) groups excluding carboxylic acids is 1. The van der Waals surface area contributed by atoms with Gasteiger partial charge in [0.05, 0.1) is 18.4 Å². The Morgan fingerprint density at radius 3 is 2.30 bits per heavy atom. The second-order valence-electron chi connectivity index (χ2n) is 5.10. The van der Waals surface area contributed by atoms with Gasteiger partial charge >= 0.3 is 5.97 Å². The molecule has 5 nitrogen and oxygen atoms in total. The molecule has 108 valence electrons. The third kappa shape index (κ3) is 3.36. The molecule has 0 saturated heterocycles. The van der Waals surface area contributed by atoms with Crippen molar-refractivity contribution in [2.75, 3.05) is 7.11 Å². The third-order valence-electron chi connectivity index (χ3n) is 3.73. The fourth-order valence-corrected chi connectivity index (χ4v) is 2.35. The maximum absolute atomic E-state index is 11.9. The number of ether oxygens (including phenoxy) is 1. The van der Waals surface area contributed by atoms with Gasteiger partial charge in [0.15, 0.2) is 0 Å². The predicted octanol–water partition coefficient (Wildman–Crippen LogP) is 1.56. The second kappa shape index (κ2) is 6.52. The van der Waals surface area contributed by atoms with E-state index in [1.54, 1.807) is 7.11 Å². The van der Waals surface area contributed by atoms with Crippen LogP contribution in [-0.2, 0) is 27.5 Å². The molecule has 1 aliphatic carbocycles. The lowest BCUT2D eigenvalue weighted by atomic mass is 9.73. The van der Waals surface area contributed by atoms with E-state index in [1.165, 1.54) is 0 Å². The summed E-state index contributed by atoms with van der Waals surface area (Å²) in [4.78, 5) is 22.8. The number of amides is 1. The number of carboxylic acid groups (broad SMARTS) is 1. The first-order valence-electron chi connectivity index (χ1n) is 6.69. The Kier molecular flexibility index (Phi) is 4.74. The minimum absolute atomic E-state index is 0.162. The highest BCUT2D eigenvalue weighted by atomic mass is 16.5. The summed E-state index contributed by atoms with van der Waals surface area (Å²) in [7, 11) is 1.64. The molecule has 0 spiro atoms. The van der Waals surface area contributed by atoms with Crippen molar-refractivity contribution >= 4 is 11.9 Å². The first-order valence-corrected chi connectivity index (χ1v) is 6.69. The summed E-state index contributed by atoms with van der Waals surface area (Å²) >= 11 is 0. The topological polar surface area (TPSA) is 75.6 Å². The average molecular weight is 277 g/mol. The van der Waals surface area contributed by atoms with E-state index in [-0.39, 0.29) is 11.8 Å². The molecule has 2 unspecified atom stereocenters. The van der Waals surface area contributed by atoms with Crippen molar-refractivity contribution in [2.45, 2.75) is 26.0 Å². The molecule has 1 amide bonds. The van der Waals surface area contributed by atoms with Gasteiger partial charge in [-0.15, -0.1) is 0 Å². The number of carbonyl (C=O) groups is 2. The van der Waals surface area contributed by atoms with E-state index < -0.39 is 11.9 Å². The van der Waals surface area contributed by atoms with E-state index in [0.717, 1.165) is 11.1 Å². The maximum atomic E-state index is 11.9. The predicted molar refractivity (Wildman–Crippen MR) is 72.9 cm³/mol. The van der Waals surface area contributed by atoms with Crippen molar-refractivity contribution in [3.63, 3.8) is 0 Å². The highest BCUT2D eigenvalue weighted by Gasteiger charge is 2.41. The van der Waals surface area contributed by atoms with Crippen LogP contribution < -0.4 is 5.32 Å². The van der Waals surface area contributed by atoms with Gasteiger partial charge in [0.2, 0.25) is 5.91 Å². The molecule has 20 heavy (non-hydrogen) atoms. The lowest BCUT2D eigenvalue weighted by molar-refractivity contribution is -0.152. The number of rotatable bonds is 6. The third-order valence-corrected chi connectivity index (χ3v) is 3.73. The van der Waals surface area contributed by atoms with Gasteiger partial charge in [-0.3, -0.25) is 9.59 Å². The number of methoxy groups -OCH3 is 1. The number of nitrogens with one attached hydrogen (secondary N) is 1. The fourth-order valence-electron chi connectivity index (χ4n) is 2.35. The van der Waals surface area contributed by atoms with Crippen molar-refractivity contribution in [3.05, 3.63) is 35.4 Å². The van der Waals surface area contributed by atoms with E-state index in [0.29, 0.717) is 26.0 Å². The average Bonchev–Trinajstić information content (AvgIpc) is 2.36. The van der Waals surface area contributed by atoms with Crippen LogP contribution in [0, 0.1) is 11.8 Å². The molecule has 0 aliphatic heterocycles. The number of hydrogen-bond donors (Lipinski definition) is 2. The van der Waals surface area contributed by atoms with Crippen LogP contribution in [0.15, 0.2) is 24.3 Å². The molecule has 2 rings (SSSR count). The van der Waals surface area contributed by atoms with Crippen molar-refractivity contribution < 1.29 is 19.4 Å². The summed E-state index contributed by atoms with van der Waals surface area (Å²) in [6, 6.07) is 7.77. The van der Waals surface area contributed by atoms with Gasteiger partial charge in [-0.05, 0) is 24.0 Å². The van der Waals surface area contributed by atoms with Gasteiger partial charge < -0.3 is 15.2 Å². The number of benzene rings is 1. The van der Waals surface area contributed by atoms with E-state index in [4.69, 9.17) is 9.84 Å². The van der Waals surface area contributed by atoms with Crippen LogP contribution in [0.4, 0.5) is 0 Å². The Morgan fingerprint density at radius 1 is 1.20 bits per heavy atom. The Balaban J connectivity index is 1.82. The summed E-state index contributed by atoms with van der Waals surface area (Å²) in [6.07, 6.45) is 1.26. The zero-order valence-electron chi connectivity index (χ0n) is 11.5. The summed E-state index contributed by atoms with van der Waals surface area (Å²) in [5.74, 6) is -1.93. The Morgan fingerprint density at radius 2 is 1.80 bits per heavy atom. The summed E-state index contributed by atoms with van der Waals surface area (Å²) in [6.45, 7) is 0.990. The van der Waals surface area contributed by atoms with Crippen LogP contribution in [0.1, 0.15) is 24.0 Å². The van der Waals surface area contributed by atoms with Crippen LogP contribution in [0.25, 0.3) is 0 Å². The van der Waals surface area contributed by atoms with Crippen molar-refractivity contribution in [1.29, 1.82) is 0 Å². The molecule has 1 aliphatic rings. The van der Waals surface area contributed by atoms with Gasteiger partial charge in [-0.25, -0.2) is 0 Å². The summed E-state index contributed by atoms with van der Waals surface area (Å²) < 4.78 is 5.03. The largest absolute Gasteiger partial charge is 0.481 e. The molecule has 0 aromatic heterocycles. The maximum Gasteiger partial charge on any atom is 0.307 e. The Labute approximate surface area is 117 Å². The standard InChI is InChI=1S/C15H19NO4/c1-20-9-11-4-2-10(3-5-11)8-16-14(17)12-6-7-13(12)15(18)19/h2-5,12-13H,6-9H2,1H3,(H,16,17)(H,18,19). The smallest absolute Gasteiger partial charge is 0.307 e. The van der Waals surface area contributed by atoms with Crippen LogP contribution in [0.3, 0.4) is 0 Å². The van der Waals surface area contributed by atoms with Crippen LogP contribution >= 0.6 is 0 Å². The van der Waals surface area contributed by atoms with Crippen LogP contribution in [-0.4, -0.2) is 24.1 Å². The highest BCUT2D eigenvalue weighted by molar-refractivity contribution is 5.86. The minimum Gasteiger partial charge on any atom is -0.481 e. The lowest BCUT2D eigenvalue weighted by Gasteiger charge is -2.31. The van der Waals surface area contributed by atoms with Crippen LogP contribution in [0.5, 0.6) is 0 Å². The Bertz CT molecular complexity index is 483. The number of carboxylic acids is 1. The fraction of sp³-hybridized carbons (Fsp3) is 0.467. The molecule has 1 aromatic rings. The molecule has 1 fully saturated rings. The van der Waals surface area contributed by atoms with E-state index in [1.807, 2.05) is 24.3 Å². The number of hydrogen-bond acceptors (Lipinski definition) is 3. The quantitative estimate of drug-likeness (QED) is 0.827. The van der Waals surface area contributed by atoms with E-state index in [2.05, 4.69) is 5.32 Å². The minimum atomic E-state index is -0.875. The van der Waals surface area contributed by atoms with E-state index in [9.17, 15) is 9.59 Å². The molecule has 1 saturated carbocycles. The van der Waals surface area contributed by atoms with Crippen molar-refractivity contribution in [1.82, 2.24) is 5.32 Å². The summed E-state index contributed by atoms with van der Waals surface area (Å²) in [5, 5.41) is 11.7. The van der Waals surface area contributed by atoms with Gasteiger partial charge in [0, 0.05) is 13.7 Å². The number of aliphatic carboxylic acids is 1. The van der Waals surface area contributed by atoms with Gasteiger partial charge in [0.25, 0.3) is 0 Å². The highest BCUT2D eigenvalue weighted by Crippen LogP contribution is 2.34. The lowest BCUT2D eigenvalue weighted by Crippen LogP contribution is -2.43. The van der Waals surface area contributed by atoms with Crippen molar-refractivity contribution in [3.8, 4) is 0 Å². The zero-order valence-corrected chi connectivity index (χ0v) is 11.5. The van der Waals surface area contributed by atoms with E-state index >= 15 is 0 Å². The SMILES string of the molecule is COCc1ccc(CNC(=O)C2CCC2C(=O)O)cc1. The molecule has 0 radical (unpaired) electrons. The van der Waals surface area contributed by atoms with Crippen LogP contribution in [0.2, 0.25) is 0 Å². The normalized spacial score (nSPS) is 21.1. The monoisotopic (exact) mass is 277 g/mol. The van der Waals surface area contributed by atoms with Gasteiger partial charge in [-0.2, -0.15) is 0 Å². The molecule has 2 N–H and O–H groups in total. The Hall–Kier alpha value is -1.88. The first-order chi connectivity index (χ1) is 9.61. The van der Waals surface area contributed by atoms with Gasteiger partial charge in [-0.1, -0.05) is 24.3 Å². The van der Waals surface area contributed by atoms with Gasteiger partial charge in [0.1, 0.15) is 0 Å². The first kappa shape index (κ1) is 14.5. The summed E-state index contributed by atoms with van der Waals surface area (Å²) in [5.41, 5.74) is 2.07. The molecule has 5 heteroatoms. The molecule has 2 atom stereocenters. The second-order valence-corrected chi connectivity index (χ2v) is 5.10. The molecule has 0 bridgehead atoms. The molecule has 1 aromatic carbocycles. The molecule has 0 heterocycles.